The lowest BCUT2D eigenvalue weighted by Gasteiger charge is -2.11. The number of carbonyl (C=O) groups is 1. The first-order valence-electron chi connectivity index (χ1n) is 6.64. The zero-order valence-electron chi connectivity index (χ0n) is 11.5. The van der Waals surface area contributed by atoms with Crippen molar-refractivity contribution in [1.29, 1.82) is 0 Å². The fourth-order valence-corrected chi connectivity index (χ4v) is 2.14. The van der Waals surface area contributed by atoms with E-state index in [2.05, 4.69) is 25.5 Å². The number of amides is 1. The van der Waals surface area contributed by atoms with E-state index in [9.17, 15) is 4.79 Å². The highest BCUT2D eigenvalue weighted by atomic mass is 16.1. The third-order valence-corrected chi connectivity index (χ3v) is 3.22. The fourth-order valence-electron chi connectivity index (χ4n) is 2.14. The van der Waals surface area contributed by atoms with Gasteiger partial charge in [-0.1, -0.05) is 30.3 Å². The van der Waals surface area contributed by atoms with Crippen LogP contribution in [0.1, 0.15) is 29.1 Å². The number of nitrogens with one attached hydrogen (secondary N) is 3. The average molecular weight is 281 g/mol. The Bertz CT molecular complexity index is 718. The van der Waals surface area contributed by atoms with Crippen molar-refractivity contribution >= 4 is 5.91 Å². The Morgan fingerprint density at radius 1 is 1.29 bits per heavy atom. The van der Waals surface area contributed by atoms with Gasteiger partial charge in [0, 0.05) is 18.0 Å². The summed E-state index contributed by atoms with van der Waals surface area (Å²) in [5.41, 5.74) is 2.14. The molecule has 0 bridgehead atoms. The lowest BCUT2D eigenvalue weighted by atomic mass is 10.1. The Morgan fingerprint density at radius 3 is 2.81 bits per heavy atom. The van der Waals surface area contributed by atoms with Gasteiger partial charge in [-0.25, -0.2) is 4.98 Å². The summed E-state index contributed by atoms with van der Waals surface area (Å²) in [6.45, 7) is 1.87. The van der Waals surface area contributed by atoms with Gasteiger partial charge in [0.05, 0.1) is 23.5 Å². The van der Waals surface area contributed by atoms with Crippen molar-refractivity contribution in [1.82, 2.24) is 25.5 Å². The molecule has 2 aromatic heterocycles. The maximum atomic E-state index is 12.4. The Labute approximate surface area is 121 Å². The molecule has 0 saturated carbocycles. The van der Waals surface area contributed by atoms with Gasteiger partial charge in [-0.2, -0.15) is 5.10 Å². The minimum Gasteiger partial charge on any atom is -0.347 e. The lowest BCUT2D eigenvalue weighted by Crippen LogP contribution is -2.27. The van der Waals surface area contributed by atoms with Crippen LogP contribution in [0.4, 0.5) is 0 Å². The number of carbonyl (C=O) groups excluding carboxylic acids is 1. The summed E-state index contributed by atoms with van der Waals surface area (Å²) >= 11 is 0. The van der Waals surface area contributed by atoms with Crippen LogP contribution < -0.4 is 5.32 Å². The summed E-state index contributed by atoms with van der Waals surface area (Å²) in [6.07, 6.45) is 4.92. The molecule has 3 rings (SSSR count). The second-order valence-electron chi connectivity index (χ2n) is 4.69. The number of H-pyrrole nitrogens is 2. The van der Waals surface area contributed by atoms with Crippen LogP contribution in [-0.4, -0.2) is 26.1 Å². The van der Waals surface area contributed by atoms with E-state index < -0.39 is 0 Å². The van der Waals surface area contributed by atoms with Crippen molar-refractivity contribution in [2.75, 3.05) is 0 Å². The fraction of sp³-hybridized carbons (Fsp3) is 0.133. The molecule has 1 unspecified atom stereocenters. The number of benzene rings is 1. The summed E-state index contributed by atoms with van der Waals surface area (Å²) in [6, 6.07) is 9.43. The topological polar surface area (TPSA) is 86.5 Å². The first-order valence-corrected chi connectivity index (χ1v) is 6.64. The highest BCUT2D eigenvalue weighted by Crippen LogP contribution is 2.21. The van der Waals surface area contributed by atoms with Crippen molar-refractivity contribution in [3.8, 4) is 11.3 Å². The Morgan fingerprint density at radius 2 is 2.10 bits per heavy atom. The van der Waals surface area contributed by atoms with Crippen LogP contribution in [0.25, 0.3) is 11.3 Å². The zero-order valence-corrected chi connectivity index (χ0v) is 11.5. The molecule has 0 radical (unpaired) electrons. The summed E-state index contributed by atoms with van der Waals surface area (Å²) in [5.74, 6) is 0.527. The SMILES string of the molecule is CC(NC(=O)c1cn[nH]c1-c1ccccc1)c1ncc[nH]1. The van der Waals surface area contributed by atoms with Gasteiger partial charge in [0.15, 0.2) is 0 Å². The van der Waals surface area contributed by atoms with Gasteiger partial charge in [-0.15, -0.1) is 0 Å². The van der Waals surface area contributed by atoms with E-state index in [4.69, 9.17) is 0 Å². The molecule has 1 aromatic carbocycles. The molecule has 106 valence electrons. The van der Waals surface area contributed by atoms with Gasteiger partial charge in [0.1, 0.15) is 5.82 Å². The molecule has 1 amide bonds. The molecule has 0 saturated heterocycles. The molecule has 0 aliphatic rings. The van der Waals surface area contributed by atoms with Gasteiger partial charge in [-0.3, -0.25) is 9.89 Å². The molecular formula is C15H15N5O. The molecule has 21 heavy (non-hydrogen) atoms. The highest BCUT2D eigenvalue weighted by Gasteiger charge is 2.18. The lowest BCUT2D eigenvalue weighted by molar-refractivity contribution is 0.0939. The number of rotatable bonds is 4. The first-order chi connectivity index (χ1) is 10.3. The third-order valence-electron chi connectivity index (χ3n) is 3.22. The maximum Gasteiger partial charge on any atom is 0.255 e. The predicted molar refractivity (Wildman–Crippen MR) is 78.5 cm³/mol. The Balaban J connectivity index is 1.82. The number of hydrogen-bond acceptors (Lipinski definition) is 3. The summed E-state index contributed by atoms with van der Waals surface area (Å²) in [5, 5.41) is 9.76. The van der Waals surface area contributed by atoms with E-state index in [1.807, 2.05) is 37.3 Å². The van der Waals surface area contributed by atoms with E-state index in [0.717, 1.165) is 5.56 Å². The maximum absolute atomic E-state index is 12.4. The molecule has 6 nitrogen and oxygen atoms in total. The Kier molecular flexibility index (Phi) is 3.51. The number of aromatic amines is 2. The average Bonchev–Trinajstić information content (AvgIpc) is 3.19. The summed E-state index contributed by atoms with van der Waals surface area (Å²) in [7, 11) is 0. The van der Waals surface area contributed by atoms with Gasteiger partial charge in [0.25, 0.3) is 5.91 Å². The van der Waals surface area contributed by atoms with Crippen molar-refractivity contribution < 1.29 is 4.79 Å². The molecule has 2 heterocycles. The van der Waals surface area contributed by atoms with Crippen LogP contribution >= 0.6 is 0 Å². The van der Waals surface area contributed by atoms with Crippen molar-refractivity contribution in [3.63, 3.8) is 0 Å². The second kappa shape index (κ2) is 5.62. The number of aromatic nitrogens is 4. The zero-order chi connectivity index (χ0) is 14.7. The van der Waals surface area contributed by atoms with Crippen molar-refractivity contribution in [3.05, 3.63) is 60.3 Å². The third kappa shape index (κ3) is 2.69. The molecule has 3 N–H and O–H groups in total. The minimum absolute atomic E-state index is 0.188. The van der Waals surface area contributed by atoms with Gasteiger partial charge in [0.2, 0.25) is 0 Å². The highest BCUT2D eigenvalue weighted by molar-refractivity contribution is 5.99. The van der Waals surface area contributed by atoms with E-state index in [0.29, 0.717) is 17.1 Å². The predicted octanol–water partition coefficient (Wildman–Crippen LogP) is 2.29. The van der Waals surface area contributed by atoms with Crippen LogP contribution in [0, 0.1) is 0 Å². The van der Waals surface area contributed by atoms with Crippen LogP contribution in [0.2, 0.25) is 0 Å². The standard InChI is InChI=1S/C15H15N5O/c1-10(14-16-7-8-17-14)19-15(21)12-9-18-20-13(12)11-5-3-2-4-6-11/h2-10H,1H3,(H,16,17)(H,18,20)(H,19,21). The quantitative estimate of drug-likeness (QED) is 0.685. The van der Waals surface area contributed by atoms with Crippen LogP contribution in [0.5, 0.6) is 0 Å². The van der Waals surface area contributed by atoms with Gasteiger partial charge < -0.3 is 10.3 Å². The normalized spacial score (nSPS) is 12.0. The summed E-state index contributed by atoms with van der Waals surface area (Å²) < 4.78 is 0. The van der Waals surface area contributed by atoms with Gasteiger partial charge in [-0.05, 0) is 6.92 Å². The van der Waals surface area contributed by atoms with E-state index in [-0.39, 0.29) is 11.9 Å². The van der Waals surface area contributed by atoms with Crippen molar-refractivity contribution in [2.45, 2.75) is 13.0 Å². The number of nitrogens with zero attached hydrogens (tertiary/aromatic N) is 2. The van der Waals surface area contributed by atoms with E-state index in [1.54, 1.807) is 12.4 Å². The molecule has 0 aliphatic heterocycles. The Hall–Kier alpha value is -2.89. The molecular weight excluding hydrogens is 266 g/mol. The largest absolute Gasteiger partial charge is 0.347 e. The molecule has 0 fully saturated rings. The van der Waals surface area contributed by atoms with E-state index >= 15 is 0 Å². The number of hydrogen-bond donors (Lipinski definition) is 3. The second-order valence-corrected chi connectivity index (χ2v) is 4.69. The minimum atomic E-state index is -0.203. The van der Waals surface area contributed by atoms with Crippen LogP contribution in [-0.2, 0) is 0 Å². The number of imidazole rings is 1. The molecule has 1 atom stereocenters. The van der Waals surface area contributed by atoms with Crippen molar-refractivity contribution in [2.24, 2.45) is 0 Å². The molecule has 0 aliphatic carbocycles. The monoisotopic (exact) mass is 281 g/mol. The molecule has 3 aromatic rings. The smallest absolute Gasteiger partial charge is 0.255 e. The first kappa shape index (κ1) is 13.1. The van der Waals surface area contributed by atoms with E-state index in [1.165, 1.54) is 6.20 Å². The molecule has 0 spiro atoms. The van der Waals surface area contributed by atoms with Crippen LogP contribution in [0.15, 0.2) is 48.9 Å². The van der Waals surface area contributed by atoms with Gasteiger partial charge >= 0.3 is 0 Å². The molecule has 6 heteroatoms. The van der Waals surface area contributed by atoms with Crippen LogP contribution in [0.3, 0.4) is 0 Å². The summed E-state index contributed by atoms with van der Waals surface area (Å²) in [4.78, 5) is 19.5.